The number of nitrogens with one attached hydrogen (secondary N) is 1. The van der Waals surface area contributed by atoms with Crippen molar-refractivity contribution in [3.63, 3.8) is 0 Å². The third-order valence-corrected chi connectivity index (χ3v) is 6.95. The molecule has 1 aliphatic carbocycles. The second-order valence-corrected chi connectivity index (χ2v) is 10.0. The van der Waals surface area contributed by atoms with E-state index in [0.717, 1.165) is 35.7 Å². The maximum Gasteiger partial charge on any atom is 0.261 e. The van der Waals surface area contributed by atoms with Gasteiger partial charge >= 0.3 is 0 Å². The number of methoxy groups -OCH3 is 1. The highest BCUT2D eigenvalue weighted by Gasteiger charge is 2.29. The van der Waals surface area contributed by atoms with Crippen molar-refractivity contribution < 1.29 is 19.1 Å². The average Bonchev–Trinajstić information content (AvgIpc) is 3.34. The molecule has 1 fully saturated rings. The van der Waals surface area contributed by atoms with E-state index in [2.05, 4.69) is 35.1 Å². The third-order valence-electron chi connectivity index (χ3n) is 6.33. The van der Waals surface area contributed by atoms with Crippen LogP contribution < -0.4 is 14.8 Å². The van der Waals surface area contributed by atoms with Crippen molar-refractivity contribution in [1.82, 2.24) is 10.2 Å². The van der Waals surface area contributed by atoms with E-state index < -0.39 is 6.04 Å². The maximum absolute atomic E-state index is 13.3. The maximum atomic E-state index is 13.3. The van der Waals surface area contributed by atoms with Crippen molar-refractivity contribution in [3.05, 3.63) is 58.1 Å². The molecule has 1 N–H and O–H groups in total. The molecule has 34 heavy (non-hydrogen) atoms. The number of halogens is 1. The van der Waals surface area contributed by atoms with Gasteiger partial charge in [-0.3, -0.25) is 9.59 Å². The Hall–Kier alpha value is -2.54. The van der Waals surface area contributed by atoms with Crippen LogP contribution in [0.5, 0.6) is 11.5 Å². The molecule has 1 aliphatic rings. The highest BCUT2D eigenvalue weighted by molar-refractivity contribution is 9.10. The minimum atomic E-state index is -0.630. The van der Waals surface area contributed by atoms with Crippen LogP contribution in [0, 0.1) is 0 Å². The van der Waals surface area contributed by atoms with Crippen LogP contribution in [0.3, 0.4) is 0 Å². The predicted octanol–water partition coefficient (Wildman–Crippen LogP) is 5.44. The largest absolute Gasteiger partial charge is 0.497 e. The van der Waals surface area contributed by atoms with E-state index in [1.54, 1.807) is 18.9 Å². The van der Waals surface area contributed by atoms with Gasteiger partial charge in [-0.25, -0.2) is 0 Å². The smallest absolute Gasteiger partial charge is 0.261 e. The highest BCUT2D eigenvalue weighted by atomic mass is 79.9. The molecule has 7 heteroatoms. The Morgan fingerprint density at radius 2 is 1.85 bits per heavy atom. The fraction of sp³-hybridized carbons (Fsp3) is 0.481. The quantitative estimate of drug-likeness (QED) is 0.444. The molecule has 1 saturated carbocycles. The van der Waals surface area contributed by atoms with Gasteiger partial charge in [-0.15, -0.1) is 0 Å². The Labute approximate surface area is 211 Å². The number of carbonyl (C=O) groups excluding carboxylic acids is 2. The van der Waals surface area contributed by atoms with E-state index in [1.807, 2.05) is 42.5 Å². The van der Waals surface area contributed by atoms with Gasteiger partial charge in [0, 0.05) is 12.6 Å². The Kier molecular flexibility index (Phi) is 9.39. The van der Waals surface area contributed by atoms with E-state index in [0.29, 0.717) is 17.4 Å². The summed E-state index contributed by atoms with van der Waals surface area (Å²) in [6.07, 6.45) is 4.24. The summed E-state index contributed by atoms with van der Waals surface area (Å²) in [7, 11) is 1.61. The molecule has 0 spiro atoms. The molecule has 184 valence electrons. The summed E-state index contributed by atoms with van der Waals surface area (Å²) in [4.78, 5) is 27.9. The van der Waals surface area contributed by atoms with Crippen molar-refractivity contribution in [3.8, 4) is 11.5 Å². The molecule has 2 aromatic carbocycles. The fourth-order valence-electron chi connectivity index (χ4n) is 4.16. The first kappa shape index (κ1) is 26.1. The van der Waals surface area contributed by atoms with Crippen LogP contribution in [0.2, 0.25) is 0 Å². The number of rotatable bonds is 10. The number of ether oxygens (including phenoxy) is 2. The van der Waals surface area contributed by atoms with Gasteiger partial charge in [-0.2, -0.15) is 0 Å². The summed E-state index contributed by atoms with van der Waals surface area (Å²) >= 11 is 3.55. The van der Waals surface area contributed by atoms with Crippen molar-refractivity contribution >= 4 is 27.7 Å². The first-order valence-corrected chi connectivity index (χ1v) is 12.7. The topological polar surface area (TPSA) is 67.9 Å². The molecule has 0 radical (unpaired) electrons. The molecule has 0 heterocycles. The zero-order valence-electron chi connectivity index (χ0n) is 20.5. The normalized spacial score (nSPS) is 14.6. The Morgan fingerprint density at radius 1 is 1.12 bits per heavy atom. The van der Waals surface area contributed by atoms with Crippen LogP contribution in [-0.4, -0.2) is 42.5 Å². The molecular weight excluding hydrogens is 496 g/mol. The van der Waals surface area contributed by atoms with Crippen molar-refractivity contribution in [2.45, 2.75) is 71.0 Å². The fourth-order valence-corrected chi connectivity index (χ4v) is 4.67. The van der Waals surface area contributed by atoms with Crippen LogP contribution in [0.25, 0.3) is 0 Å². The second kappa shape index (κ2) is 12.2. The molecule has 6 nitrogen and oxygen atoms in total. The molecule has 3 rings (SSSR count). The Morgan fingerprint density at radius 3 is 2.50 bits per heavy atom. The molecule has 2 amide bonds. The van der Waals surface area contributed by atoms with Crippen LogP contribution in [0.4, 0.5) is 0 Å². The van der Waals surface area contributed by atoms with Crippen LogP contribution >= 0.6 is 15.9 Å². The number of hydrogen-bond donors (Lipinski definition) is 1. The molecule has 0 aromatic heterocycles. The molecular formula is C27H35BrN2O4. The standard InChI is InChI=1S/C27H35BrN2O4/c1-18(2)21-12-13-25(24(28)15-21)34-17-26(31)30(16-20-8-7-11-23(14-20)33-4)19(3)27(32)29-22-9-5-6-10-22/h7-8,11-15,18-19,22H,5-6,9-10,16-17H2,1-4H3,(H,29,32). The molecule has 0 saturated heterocycles. The average molecular weight is 531 g/mol. The van der Waals surface area contributed by atoms with Crippen LogP contribution in [-0.2, 0) is 16.1 Å². The zero-order valence-corrected chi connectivity index (χ0v) is 22.1. The first-order chi connectivity index (χ1) is 16.3. The van der Waals surface area contributed by atoms with Gasteiger partial charge in [0.05, 0.1) is 11.6 Å². The second-order valence-electron chi connectivity index (χ2n) is 9.17. The van der Waals surface area contributed by atoms with E-state index in [4.69, 9.17) is 9.47 Å². The van der Waals surface area contributed by atoms with Crippen molar-refractivity contribution in [2.75, 3.05) is 13.7 Å². The Balaban J connectivity index is 1.74. The predicted molar refractivity (Wildman–Crippen MR) is 137 cm³/mol. The van der Waals surface area contributed by atoms with Crippen LogP contribution in [0.15, 0.2) is 46.9 Å². The van der Waals surface area contributed by atoms with E-state index >= 15 is 0 Å². The number of benzene rings is 2. The minimum Gasteiger partial charge on any atom is -0.497 e. The Bertz CT molecular complexity index is 988. The number of amides is 2. The monoisotopic (exact) mass is 530 g/mol. The van der Waals surface area contributed by atoms with Gasteiger partial charge in [-0.1, -0.05) is 44.9 Å². The summed E-state index contributed by atoms with van der Waals surface area (Å²) in [6.45, 7) is 6.15. The molecule has 0 bridgehead atoms. The summed E-state index contributed by atoms with van der Waals surface area (Å²) in [5.41, 5.74) is 2.07. The summed E-state index contributed by atoms with van der Waals surface area (Å²) < 4.78 is 12.0. The zero-order chi connectivity index (χ0) is 24.7. The molecule has 2 aromatic rings. The van der Waals surface area contributed by atoms with E-state index in [1.165, 1.54) is 5.56 Å². The lowest BCUT2D eigenvalue weighted by atomic mass is 10.0. The summed E-state index contributed by atoms with van der Waals surface area (Å²) in [6, 6.07) is 13.0. The third kappa shape index (κ3) is 6.98. The lowest BCUT2D eigenvalue weighted by molar-refractivity contribution is -0.142. The van der Waals surface area contributed by atoms with Gasteiger partial charge < -0.3 is 19.7 Å². The van der Waals surface area contributed by atoms with Gasteiger partial charge in [0.25, 0.3) is 5.91 Å². The number of carbonyl (C=O) groups is 2. The lowest BCUT2D eigenvalue weighted by Gasteiger charge is -2.30. The number of nitrogens with zero attached hydrogens (tertiary/aromatic N) is 1. The van der Waals surface area contributed by atoms with Gasteiger partial charge in [-0.05, 0) is 77.0 Å². The highest BCUT2D eigenvalue weighted by Crippen LogP contribution is 2.29. The summed E-state index contributed by atoms with van der Waals surface area (Å²) in [5, 5.41) is 3.12. The van der Waals surface area contributed by atoms with Gasteiger partial charge in [0.15, 0.2) is 6.61 Å². The minimum absolute atomic E-state index is 0.134. The van der Waals surface area contributed by atoms with Crippen molar-refractivity contribution in [1.29, 1.82) is 0 Å². The molecule has 0 aliphatic heterocycles. The SMILES string of the molecule is COc1cccc(CN(C(=O)COc2ccc(C(C)C)cc2Br)C(C)C(=O)NC2CCCC2)c1. The van der Waals surface area contributed by atoms with Crippen LogP contribution in [0.1, 0.15) is 63.5 Å². The first-order valence-electron chi connectivity index (χ1n) is 11.9. The molecule has 1 unspecified atom stereocenters. The lowest BCUT2D eigenvalue weighted by Crippen LogP contribution is -2.50. The van der Waals surface area contributed by atoms with Gasteiger partial charge in [0.1, 0.15) is 17.5 Å². The summed E-state index contributed by atoms with van der Waals surface area (Å²) in [5.74, 6) is 1.31. The van der Waals surface area contributed by atoms with E-state index in [-0.39, 0.29) is 31.0 Å². The molecule has 1 atom stereocenters. The van der Waals surface area contributed by atoms with Gasteiger partial charge in [0.2, 0.25) is 5.91 Å². The number of hydrogen-bond acceptors (Lipinski definition) is 4. The van der Waals surface area contributed by atoms with Crippen molar-refractivity contribution in [2.24, 2.45) is 0 Å². The van der Waals surface area contributed by atoms with E-state index in [9.17, 15) is 9.59 Å².